The monoisotopic (exact) mass is 629 g/mol. The van der Waals surface area contributed by atoms with E-state index in [1.165, 1.54) is 32.1 Å². The van der Waals surface area contributed by atoms with Gasteiger partial charge in [0.25, 0.3) is 0 Å². The van der Waals surface area contributed by atoms with E-state index in [1.807, 2.05) is 36.4 Å². The molecule has 0 radical (unpaired) electrons. The summed E-state index contributed by atoms with van der Waals surface area (Å²) < 4.78 is 31.2. The zero-order valence-corrected chi connectivity index (χ0v) is 25.8. The average molecular weight is 630 g/mol. The van der Waals surface area contributed by atoms with Gasteiger partial charge in [0.05, 0.1) is 33.0 Å². The van der Waals surface area contributed by atoms with Crippen molar-refractivity contribution in [2.24, 2.45) is 0 Å². The number of hydrogen-bond acceptors (Lipinski definition) is 8. The summed E-state index contributed by atoms with van der Waals surface area (Å²) in [6.07, 6.45) is -1.11. The molecule has 0 bridgehead atoms. The van der Waals surface area contributed by atoms with E-state index in [2.05, 4.69) is 10.2 Å². The Labute approximate surface area is 266 Å². The number of carbonyl (C=O) groups is 2. The zero-order chi connectivity index (χ0) is 32.8. The number of carbonyl (C=O) groups excluding carboxylic acids is 2. The molecule has 4 aromatic rings. The van der Waals surface area contributed by atoms with Gasteiger partial charge in [-0.1, -0.05) is 36.4 Å². The standard InChI is InChI=1S/C35H36FN3O7/c1-22(40)37-17-28-21-39(35(43)46-28)27-10-11-29(30(36)16-27)26-8-4-23(5-9-26)18-38(19-24-6-12-31(41)33(14-24)44-2)20-25-7-13-32(42)34(15-25)45-3/h4-16,28,41-42H,17-21H2,1-3H3,(H,37,40)/t28-/m0/s1. The molecule has 1 heterocycles. The third kappa shape index (κ3) is 7.67. The van der Waals surface area contributed by atoms with Gasteiger partial charge in [0.2, 0.25) is 5.91 Å². The van der Waals surface area contributed by atoms with E-state index in [4.69, 9.17) is 14.2 Å². The number of hydrogen-bond donors (Lipinski definition) is 3. The number of benzene rings is 4. The molecule has 1 aliphatic rings. The van der Waals surface area contributed by atoms with Gasteiger partial charge in [0.15, 0.2) is 23.0 Å². The number of methoxy groups -OCH3 is 2. The molecule has 0 aromatic heterocycles. The SMILES string of the molecule is COc1cc(CN(Cc2ccc(-c3ccc(N4C[C@H](CNC(C)=O)OC4=O)cc3F)cc2)Cc2ccc(O)c(OC)c2)ccc1O. The van der Waals surface area contributed by atoms with Gasteiger partial charge in [0.1, 0.15) is 11.9 Å². The number of phenols is 2. The van der Waals surface area contributed by atoms with Gasteiger partial charge in [-0.2, -0.15) is 0 Å². The Balaban J connectivity index is 1.32. The Morgan fingerprint density at radius 3 is 2.00 bits per heavy atom. The second-order valence-corrected chi connectivity index (χ2v) is 11.1. The van der Waals surface area contributed by atoms with Crippen molar-refractivity contribution in [1.82, 2.24) is 10.2 Å². The lowest BCUT2D eigenvalue weighted by molar-refractivity contribution is -0.119. The van der Waals surface area contributed by atoms with Crippen molar-refractivity contribution < 1.29 is 38.4 Å². The molecule has 10 nitrogen and oxygen atoms in total. The number of ether oxygens (including phenoxy) is 3. The van der Waals surface area contributed by atoms with Crippen molar-refractivity contribution in [2.45, 2.75) is 32.7 Å². The molecule has 2 amide bonds. The second-order valence-electron chi connectivity index (χ2n) is 11.1. The number of halogens is 1. The number of cyclic esters (lactones) is 1. The van der Waals surface area contributed by atoms with Crippen molar-refractivity contribution in [1.29, 1.82) is 0 Å². The third-order valence-electron chi connectivity index (χ3n) is 7.69. The summed E-state index contributed by atoms with van der Waals surface area (Å²) in [5.74, 6) is 0.180. The lowest BCUT2D eigenvalue weighted by Crippen LogP contribution is -2.33. The number of aromatic hydroxyl groups is 2. The quantitative estimate of drug-likeness (QED) is 0.186. The Hall–Kier alpha value is -5.29. The van der Waals surface area contributed by atoms with Crippen LogP contribution in [-0.4, -0.2) is 60.5 Å². The van der Waals surface area contributed by atoms with Crippen LogP contribution in [0.3, 0.4) is 0 Å². The molecule has 11 heteroatoms. The molecular formula is C35H36FN3O7. The molecular weight excluding hydrogens is 593 g/mol. The summed E-state index contributed by atoms with van der Waals surface area (Å²) in [7, 11) is 3.01. The van der Waals surface area contributed by atoms with Gasteiger partial charge in [-0.05, 0) is 64.7 Å². The van der Waals surface area contributed by atoms with E-state index in [0.29, 0.717) is 47.9 Å². The van der Waals surface area contributed by atoms with Crippen molar-refractivity contribution in [3.8, 4) is 34.1 Å². The molecule has 0 aliphatic carbocycles. The van der Waals surface area contributed by atoms with Crippen molar-refractivity contribution in [3.63, 3.8) is 0 Å². The Kier molecular flexibility index (Phi) is 9.92. The fourth-order valence-corrected chi connectivity index (χ4v) is 5.38. The van der Waals surface area contributed by atoms with Crippen molar-refractivity contribution >= 4 is 17.7 Å². The van der Waals surface area contributed by atoms with Crippen LogP contribution in [-0.2, 0) is 29.2 Å². The normalized spacial score (nSPS) is 14.3. The second kappa shape index (κ2) is 14.2. The van der Waals surface area contributed by atoms with Crippen LogP contribution in [0.4, 0.5) is 14.9 Å². The lowest BCUT2D eigenvalue weighted by Gasteiger charge is -2.24. The Bertz CT molecular complexity index is 1660. The van der Waals surface area contributed by atoms with Crippen LogP contribution in [0.15, 0.2) is 78.9 Å². The van der Waals surface area contributed by atoms with Crippen LogP contribution in [0.2, 0.25) is 0 Å². The molecule has 3 N–H and O–H groups in total. The van der Waals surface area contributed by atoms with Crippen molar-refractivity contribution in [3.05, 3.63) is 101 Å². The van der Waals surface area contributed by atoms with Crippen LogP contribution < -0.4 is 19.7 Å². The third-order valence-corrected chi connectivity index (χ3v) is 7.69. The van der Waals surface area contributed by atoms with E-state index in [9.17, 15) is 19.8 Å². The lowest BCUT2D eigenvalue weighted by atomic mass is 10.0. The van der Waals surface area contributed by atoms with Gasteiger partial charge in [-0.15, -0.1) is 0 Å². The molecule has 4 aromatic carbocycles. The Morgan fingerprint density at radius 2 is 1.46 bits per heavy atom. The maximum absolute atomic E-state index is 15.3. The number of amides is 2. The van der Waals surface area contributed by atoms with Gasteiger partial charge in [0, 0.05) is 32.1 Å². The predicted molar refractivity (Wildman–Crippen MR) is 170 cm³/mol. The highest BCUT2D eigenvalue weighted by molar-refractivity contribution is 5.90. The first-order chi connectivity index (χ1) is 22.1. The summed E-state index contributed by atoms with van der Waals surface area (Å²) in [5.41, 5.74) is 4.30. The van der Waals surface area contributed by atoms with E-state index in [-0.39, 0.29) is 30.5 Å². The fraction of sp³-hybridized carbons (Fsp3) is 0.257. The molecule has 0 saturated carbocycles. The highest BCUT2D eigenvalue weighted by atomic mass is 19.1. The molecule has 5 rings (SSSR count). The van der Waals surface area contributed by atoms with Crippen LogP contribution in [0.1, 0.15) is 23.6 Å². The maximum atomic E-state index is 15.3. The van der Waals surface area contributed by atoms with Gasteiger partial charge in [-0.3, -0.25) is 14.6 Å². The first kappa shape index (κ1) is 32.1. The molecule has 0 unspecified atom stereocenters. The summed E-state index contributed by atoms with van der Waals surface area (Å²) in [6.45, 7) is 3.39. The van der Waals surface area contributed by atoms with Crippen LogP contribution in [0.5, 0.6) is 23.0 Å². The number of anilines is 1. The predicted octanol–water partition coefficient (Wildman–Crippen LogP) is 5.58. The molecule has 0 spiro atoms. The first-order valence-electron chi connectivity index (χ1n) is 14.7. The smallest absolute Gasteiger partial charge is 0.414 e. The molecule has 46 heavy (non-hydrogen) atoms. The number of phenolic OH excluding ortho intramolecular Hbond substituents is 2. The molecule has 240 valence electrons. The maximum Gasteiger partial charge on any atom is 0.414 e. The number of nitrogens with zero attached hydrogens (tertiary/aromatic N) is 2. The van der Waals surface area contributed by atoms with E-state index < -0.39 is 18.0 Å². The summed E-state index contributed by atoms with van der Waals surface area (Å²) in [5, 5.41) is 22.7. The van der Waals surface area contributed by atoms with Crippen molar-refractivity contribution in [2.75, 3.05) is 32.2 Å². The van der Waals surface area contributed by atoms with Crippen LogP contribution in [0, 0.1) is 5.82 Å². The minimum Gasteiger partial charge on any atom is -0.504 e. The van der Waals surface area contributed by atoms with E-state index in [0.717, 1.165) is 16.7 Å². The average Bonchev–Trinajstić information content (AvgIpc) is 3.42. The van der Waals surface area contributed by atoms with Crippen LogP contribution >= 0.6 is 0 Å². The number of nitrogens with one attached hydrogen (secondary N) is 1. The molecule has 1 fully saturated rings. The summed E-state index contributed by atoms with van der Waals surface area (Å²) in [6, 6.07) is 22.7. The van der Waals surface area contributed by atoms with E-state index >= 15 is 4.39 Å². The molecule has 1 aliphatic heterocycles. The largest absolute Gasteiger partial charge is 0.504 e. The summed E-state index contributed by atoms with van der Waals surface area (Å²) >= 11 is 0. The fourth-order valence-electron chi connectivity index (χ4n) is 5.38. The minimum atomic E-state index is -0.590. The topological polar surface area (TPSA) is 121 Å². The number of rotatable bonds is 12. The van der Waals surface area contributed by atoms with Crippen LogP contribution in [0.25, 0.3) is 11.1 Å². The highest BCUT2D eigenvalue weighted by Gasteiger charge is 2.32. The van der Waals surface area contributed by atoms with Gasteiger partial charge >= 0.3 is 6.09 Å². The van der Waals surface area contributed by atoms with Gasteiger partial charge < -0.3 is 29.7 Å². The minimum absolute atomic E-state index is 0.0587. The Morgan fingerprint density at radius 1 is 0.891 bits per heavy atom. The molecule has 1 atom stereocenters. The zero-order valence-electron chi connectivity index (χ0n) is 25.8. The highest BCUT2D eigenvalue weighted by Crippen LogP contribution is 2.31. The first-order valence-corrected chi connectivity index (χ1v) is 14.7. The summed E-state index contributed by atoms with van der Waals surface area (Å²) in [4.78, 5) is 27.1. The van der Waals surface area contributed by atoms with Gasteiger partial charge in [-0.25, -0.2) is 9.18 Å². The molecule has 1 saturated heterocycles. The van der Waals surface area contributed by atoms with E-state index in [1.54, 1.807) is 36.4 Å².